The third-order valence-electron chi connectivity index (χ3n) is 14.9. The first-order valence-corrected chi connectivity index (χ1v) is 31.4. The Bertz CT molecular complexity index is 1290. The summed E-state index contributed by atoms with van der Waals surface area (Å²) in [6.45, 7) is 3.79. The molecule has 0 radical (unpaired) electrons. The van der Waals surface area contributed by atoms with Crippen molar-refractivity contribution >= 4 is 5.91 Å². The van der Waals surface area contributed by atoms with E-state index in [1.165, 1.54) is 231 Å². The van der Waals surface area contributed by atoms with Crippen molar-refractivity contribution in [2.45, 2.75) is 339 Å². The van der Waals surface area contributed by atoms with Gasteiger partial charge in [0.2, 0.25) is 5.91 Å². The van der Waals surface area contributed by atoms with Crippen LogP contribution in [0.5, 0.6) is 0 Å². The summed E-state index contributed by atoms with van der Waals surface area (Å²) in [6.07, 6.45) is 64.8. The third kappa shape index (κ3) is 42.9. The molecule has 0 saturated carbocycles. The van der Waals surface area contributed by atoms with Crippen molar-refractivity contribution in [1.29, 1.82) is 0 Å². The largest absolute Gasteiger partial charge is 0.394 e. The minimum absolute atomic E-state index is 0.190. The molecule has 7 unspecified atom stereocenters. The lowest BCUT2D eigenvalue weighted by molar-refractivity contribution is -0.302. The maximum absolute atomic E-state index is 13.1. The first kappa shape index (κ1) is 69.2. The van der Waals surface area contributed by atoms with Crippen LogP contribution in [0.4, 0.5) is 0 Å². The van der Waals surface area contributed by atoms with E-state index in [0.29, 0.717) is 6.42 Å². The number of carbonyl (C=O) groups excluding carboxylic acids is 1. The SMILES string of the molecule is CCCCCCCCCC/C=C\CCCCCCCCCCCC(=O)NC(COC1OC(CO)C(O)C(O)C1O)C(O)/C=C/CC/C=C/CC/C=C/CCCCCCCCCCCCCCCCCCCCC. The van der Waals surface area contributed by atoms with Gasteiger partial charge in [-0.05, 0) is 70.6 Å². The maximum atomic E-state index is 13.1. The third-order valence-corrected chi connectivity index (χ3v) is 14.9. The van der Waals surface area contributed by atoms with E-state index in [2.05, 4.69) is 55.6 Å². The molecule has 1 fully saturated rings. The fourth-order valence-electron chi connectivity index (χ4n) is 9.89. The van der Waals surface area contributed by atoms with E-state index in [1.54, 1.807) is 6.08 Å². The number of ether oxygens (including phenoxy) is 2. The van der Waals surface area contributed by atoms with Gasteiger partial charge in [-0.3, -0.25) is 4.79 Å². The monoisotopic (exact) mass is 1030 g/mol. The van der Waals surface area contributed by atoms with Gasteiger partial charge in [0.15, 0.2) is 6.29 Å². The van der Waals surface area contributed by atoms with Crippen molar-refractivity contribution in [2.75, 3.05) is 13.2 Å². The lowest BCUT2D eigenvalue weighted by atomic mass is 9.99. The van der Waals surface area contributed by atoms with Gasteiger partial charge in [0.1, 0.15) is 24.4 Å². The number of carbonyl (C=O) groups is 1. The quantitative estimate of drug-likeness (QED) is 0.0261. The first-order valence-electron chi connectivity index (χ1n) is 31.4. The second kappa shape index (κ2) is 53.5. The normalized spacial score (nSPS) is 19.4. The summed E-state index contributed by atoms with van der Waals surface area (Å²) >= 11 is 0. The zero-order valence-electron chi connectivity index (χ0n) is 47.6. The summed E-state index contributed by atoms with van der Waals surface area (Å²) in [5.41, 5.74) is 0. The van der Waals surface area contributed by atoms with Gasteiger partial charge < -0.3 is 40.3 Å². The maximum Gasteiger partial charge on any atom is 0.220 e. The number of amides is 1. The molecule has 0 bridgehead atoms. The first-order chi connectivity index (χ1) is 35.8. The predicted octanol–water partition coefficient (Wildman–Crippen LogP) is 16.1. The lowest BCUT2D eigenvalue weighted by Gasteiger charge is -2.40. The minimum atomic E-state index is -1.58. The van der Waals surface area contributed by atoms with Crippen LogP contribution in [-0.2, 0) is 14.3 Å². The molecule has 428 valence electrons. The topological polar surface area (TPSA) is 149 Å². The second-order valence-corrected chi connectivity index (χ2v) is 21.8. The molecule has 1 heterocycles. The highest BCUT2D eigenvalue weighted by Crippen LogP contribution is 2.23. The van der Waals surface area contributed by atoms with Gasteiger partial charge in [-0.15, -0.1) is 0 Å². The van der Waals surface area contributed by atoms with Crippen molar-refractivity contribution in [3.8, 4) is 0 Å². The van der Waals surface area contributed by atoms with Gasteiger partial charge in [0.05, 0.1) is 25.4 Å². The van der Waals surface area contributed by atoms with Crippen molar-refractivity contribution in [2.24, 2.45) is 0 Å². The van der Waals surface area contributed by atoms with Crippen molar-refractivity contribution < 1.29 is 39.8 Å². The molecule has 1 aliphatic rings. The number of aliphatic hydroxyl groups excluding tert-OH is 5. The predicted molar refractivity (Wildman–Crippen MR) is 309 cm³/mol. The summed E-state index contributed by atoms with van der Waals surface area (Å²) < 4.78 is 11.3. The smallest absolute Gasteiger partial charge is 0.220 e. The number of rotatable bonds is 54. The van der Waals surface area contributed by atoms with E-state index < -0.39 is 49.5 Å². The van der Waals surface area contributed by atoms with E-state index >= 15 is 0 Å². The van der Waals surface area contributed by atoms with Crippen LogP contribution in [0, 0.1) is 0 Å². The number of hydrogen-bond acceptors (Lipinski definition) is 8. The Morgan fingerprint density at radius 2 is 0.781 bits per heavy atom. The summed E-state index contributed by atoms with van der Waals surface area (Å²) in [4.78, 5) is 13.1. The Hall–Kier alpha value is -1.85. The van der Waals surface area contributed by atoms with Gasteiger partial charge in [0, 0.05) is 6.42 Å². The summed E-state index contributed by atoms with van der Waals surface area (Å²) in [7, 11) is 0. The van der Waals surface area contributed by atoms with E-state index in [1.807, 2.05) is 6.08 Å². The molecule has 0 spiro atoms. The average Bonchev–Trinajstić information content (AvgIpc) is 3.39. The Balaban J connectivity index is 2.22. The van der Waals surface area contributed by atoms with Crippen LogP contribution in [0.2, 0.25) is 0 Å². The minimum Gasteiger partial charge on any atom is -0.394 e. The molecule has 73 heavy (non-hydrogen) atoms. The molecule has 0 aliphatic carbocycles. The molecule has 1 aliphatic heterocycles. The van der Waals surface area contributed by atoms with Gasteiger partial charge in [0.25, 0.3) is 0 Å². The number of nitrogens with one attached hydrogen (secondary N) is 1. The zero-order chi connectivity index (χ0) is 52.9. The molecule has 1 saturated heterocycles. The molecule has 0 aromatic carbocycles. The second-order valence-electron chi connectivity index (χ2n) is 21.8. The summed E-state index contributed by atoms with van der Waals surface area (Å²) in [5.74, 6) is -0.190. The van der Waals surface area contributed by atoms with Crippen molar-refractivity contribution in [3.05, 3.63) is 48.6 Å². The van der Waals surface area contributed by atoms with Crippen LogP contribution >= 0.6 is 0 Å². The Morgan fingerprint density at radius 1 is 0.452 bits per heavy atom. The molecular formula is C64H119NO8. The van der Waals surface area contributed by atoms with Gasteiger partial charge in [-0.25, -0.2) is 0 Å². The molecule has 1 rings (SSSR count). The summed E-state index contributed by atoms with van der Waals surface area (Å²) in [6, 6.07) is -0.831. The fraction of sp³-hybridized carbons (Fsp3) is 0.859. The Labute approximate surface area is 450 Å². The van der Waals surface area contributed by atoms with Crippen molar-refractivity contribution in [3.63, 3.8) is 0 Å². The highest BCUT2D eigenvalue weighted by molar-refractivity contribution is 5.76. The molecule has 1 amide bonds. The summed E-state index contributed by atoms with van der Waals surface area (Å²) in [5, 5.41) is 54.6. The van der Waals surface area contributed by atoms with Gasteiger partial charge >= 0.3 is 0 Å². The molecule has 7 atom stereocenters. The number of unbranched alkanes of at least 4 members (excludes halogenated alkanes) is 38. The molecule has 6 N–H and O–H groups in total. The highest BCUT2D eigenvalue weighted by atomic mass is 16.7. The zero-order valence-corrected chi connectivity index (χ0v) is 47.6. The number of allylic oxidation sites excluding steroid dienone is 7. The highest BCUT2D eigenvalue weighted by Gasteiger charge is 2.44. The lowest BCUT2D eigenvalue weighted by Crippen LogP contribution is -2.60. The fourth-order valence-corrected chi connectivity index (χ4v) is 9.89. The molecule has 9 nitrogen and oxygen atoms in total. The van der Waals surface area contributed by atoms with Crippen molar-refractivity contribution in [1.82, 2.24) is 5.32 Å². The van der Waals surface area contributed by atoms with Gasteiger partial charge in [-0.2, -0.15) is 0 Å². The van der Waals surface area contributed by atoms with E-state index in [0.717, 1.165) is 44.9 Å². The molecule has 0 aromatic heterocycles. The number of hydrogen-bond donors (Lipinski definition) is 6. The van der Waals surface area contributed by atoms with Crippen LogP contribution in [0.15, 0.2) is 48.6 Å². The van der Waals surface area contributed by atoms with Crippen LogP contribution < -0.4 is 5.32 Å². The van der Waals surface area contributed by atoms with Crippen LogP contribution in [0.25, 0.3) is 0 Å². The Morgan fingerprint density at radius 3 is 1.15 bits per heavy atom. The van der Waals surface area contributed by atoms with E-state index in [4.69, 9.17) is 9.47 Å². The Kier molecular flexibility index (Phi) is 50.7. The molecule has 0 aromatic rings. The van der Waals surface area contributed by atoms with E-state index in [-0.39, 0.29) is 12.5 Å². The standard InChI is InChI=1S/C64H119NO8/c1-3-5-7-9-11-13-15-17-19-21-23-25-26-27-28-29-30-31-32-34-35-37-39-41-43-45-47-49-51-53-58(67)57(56-72-64-63(71)62(70)61(69)59(55-66)73-64)65-60(68)54-52-50-48-46-44-42-40-38-36-33-24-22-20-18-16-14-12-10-8-6-4-2/h22,24,35,37,43,45,51,53,57-59,61-64,66-67,69-71H,3-21,23,25-34,36,38-42,44,46-50,52,54-56H2,1-2H3,(H,65,68)/b24-22-,37-35+,45-43+,53-51+. The van der Waals surface area contributed by atoms with Crippen LogP contribution in [0.1, 0.15) is 296 Å². The van der Waals surface area contributed by atoms with Crippen LogP contribution in [0.3, 0.4) is 0 Å². The average molecular weight is 1030 g/mol. The molecular weight excluding hydrogens is 911 g/mol. The van der Waals surface area contributed by atoms with E-state index in [9.17, 15) is 30.3 Å². The molecule has 9 heteroatoms. The number of aliphatic hydroxyl groups is 5. The van der Waals surface area contributed by atoms with Crippen LogP contribution in [-0.4, -0.2) is 87.5 Å². The van der Waals surface area contributed by atoms with Gasteiger partial charge in [-0.1, -0.05) is 268 Å².